The zero-order valence-electron chi connectivity index (χ0n) is 12.1. The van der Waals surface area contributed by atoms with Gasteiger partial charge in [0.05, 0.1) is 13.2 Å². The highest BCUT2D eigenvalue weighted by molar-refractivity contribution is 4.91. The van der Waals surface area contributed by atoms with Gasteiger partial charge < -0.3 is 15.4 Å². The van der Waals surface area contributed by atoms with Gasteiger partial charge in [0.2, 0.25) is 0 Å². The molecule has 3 fully saturated rings. The Hall–Kier alpha value is -0.160. The molecule has 0 amide bonds. The first-order valence-electron chi connectivity index (χ1n) is 8.08. The van der Waals surface area contributed by atoms with Crippen LogP contribution in [0.3, 0.4) is 0 Å². The fourth-order valence-electron chi connectivity index (χ4n) is 3.97. The normalized spacial score (nSPS) is 33.0. The molecule has 0 aromatic rings. The fraction of sp³-hybridized carbons (Fsp3) is 1.00. The standard InChI is InChI=1S/C15H29N3O/c16-15(4-1-2-5-15)6-8-17-7-3-14(13-17)18-9-11-19-12-10-18/h14H,1-13,16H2. The average Bonchev–Trinajstić information content (AvgIpc) is 3.07. The van der Waals surface area contributed by atoms with Crippen molar-refractivity contribution in [2.24, 2.45) is 5.73 Å². The summed E-state index contributed by atoms with van der Waals surface area (Å²) in [6.45, 7) is 7.80. The van der Waals surface area contributed by atoms with E-state index in [4.69, 9.17) is 10.5 Å². The predicted octanol–water partition coefficient (Wildman–Crippen LogP) is 1.05. The Morgan fingerprint density at radius 1 is 1.11 bits per heavy atom. The van der Waals surface area contributed by atoms with Crippen molar-refractivity contribution in [2.75, 3.05) is 45.9 Å². The molecule has 0 radical (unpaired) electrons. The summed E-state index contributed by atoms with van der Waals surface area (Å²) in [5.41, 5.74) is 6.62. The third kappa shape index (κ3) is 3.48. The first kappa shape index (κ1) is 13.8. The lowest BCUT2D eigenvalue weighted by molar-refractivity contribution is 0.0184. The van der Waals surface area contributed by atoms with E-state index in [-0.39, 0.29) is 5.54 Å². The number of ether oxygens (including phenoxy) is 1. The molecule has 1 aliphatic carbocycles. The van der Waals surface area contributed by atoms with Crippen molar-refractivity contribution in [1.82, 2.24) is 9.80 Å². The number of morpholine rings is 1. The van der Waals surface area contributed by atoms with Crippen LogP contribution in [0.1, 0.15) is 38.5 Å². The van der Waals surface area contributed by atoms with Crippen LogP contribution in [0, 0.1) is 0 Å². The summed E-state index contributed by atoms with van der Waals surface area (Å²) in [6.07, 6.45) is 7.70. The summed E-state index contributed by atoms with van der Waals surface area (Å²) in [7, 11) is 0. The highest BCUT2D eigenvalue weighted by Crippen LogP contribution is 2.30. The molecular formula is C15H29N3O. The van der Waals surface area contributed by atoms with Crippen molar-refractivity contribution in [3.05, 3.63) is 0 Å². The lowest BCUT2D eigenvalue weighted by atomic mass is 9.94. The second-order valence-electron chi connectivity index (χ2n) is 6.71. The van der Waals surface area contributed by atoms with Gasteiger partial charge in [-0.3, -0.25) is 4.90 Å². The first-order chi connectivity index (χ1) is 9.25. The molecule has 0 aromatic carbocycles. The minimum absolute atomic E-state index is 0.164. The van der Waals surface area contributed by atoms with E-state index >= 15 is 0 Å². The van der Waals surface area contributed by atoms with Crippen LogP contribution >= 0.6 is 0 Å². The number of likely N-dealkylation sites (tertiary alicyclic amines) is 1. The molecule has 2 N–H and O–H groups in total. The van der Waals surface area contributed by atoms with E-state index in [1.807, 2.05) is 0 Å². The smallest absolute Gasteiger partial charge is 0.0594 e. The largest absolute Gasteiger partial charge is 0.379 e. The van der Waals surface area contributed by atoms with Crippen LogP contribution in [0.4, 0.5) is 0 Å². The molecule has 1 saturated carbocycles. The van der Waals surface area contributed by atoms with Crippen LogP contribution in [0.25, 0.3) is 0 Å². The minimum atomic E-state index is 0.164. The third-order valence-corrected chi connectivity index (χ3v) is 5.33. The Balaban J connectivity index is 1.41. The predicted molar refractivity (Wildman–Crippen MR) is 77.2 cm³/mol. The molecule has 3 rings (SSSR count). The maximum Gasteiger partial charge on any atom is 0.0594 e. The molecule has 2 heterocycles. The molecule has 2 aliphatic heterocycles. The summed E-state index contributed by atoms with van der Waals surface area (Å²) >= 11 is 0. The monoisotopic (exact) mass is 267 g/mol. The van der Waals surface area contributed by atoms with Crippen LogP contribution in [-0.2, 0) is 4.74 Å². The van der Waals surface area contributed by atoms with Crippen LogP contribution < -0.4 is 5.73 Å². The maximum atomic E-state index is 6.46. The van der Waals surface area contributed by atoms with Crippen LogP contribution in [0.5, 0.6) is 0 Å². The molecule has 4 heteroatoms. The zero-order chi connectivity index (χ0) is 13.1. The molecule has 110 valence electrons. The minimum Gasteiger partial charge on any atom is -0.379 e. The Morgan fingerprint density at radius 2 is 1.84 bits per heavy atom. The molecule has 1 atom stereocenters. The second-order valence-corrected chi connectivity index (χ2v) is 6.71. The van der Waals surface area contributed by atoms with E-state index in [1.54, 1.807) is 0 Å². The summed E-state index contributed by atoms with van der Waals surface area (Å²) in [5, 5.41) is 0. The average molecular weight is 267 g/mol. The second kappa shape index (κ2) is 6.08. The van der Waals surface area contributed by atoms with Crippen molar-refractivity contribution < 1.29 is 4.74 Å². The number of rotatable bonds is 4. The van der Waals surface area contributed by atoms with Gasteiger partial charge in [0.25, 0.3) is 0 Å². The summed E-state index contributed by atoms with van der Waals surface area (Å²) < 4.78 is 5.44. The quantitative estimate of drug-likeness (QED) is 0.827. The highest BCUT2D eigenvalue weighted by atomic mass is 16.5. The molecule has 0 bridgehead atoms. The van der Waals surface area contributed by atoms with E-state index in [2.05, 4.69) is 9.80 Å². The van der Waals surface area contributed by atoms with Crippen molar-refractivity contribution >= 4 is 0 Å². The summed E-state index contributed by atoms with van der Waals surface area (Å²) in [4.78, 5) is 5.25. The van der Waals surface area contributed by atoms with E-state index in [0.717, 1.165) is 32.3 Å². The number of nitrogens with two attached hydrogens (primary N) is 1. The Bertz CT molecular complexity index is 285. The van der Waals surface area contributed by atoms with Gasteiger partial charge >= 0.3 is 0 Å². The molecule has 0 spiro atoms. The van der Waals surface area contributed by atoms with E-state index in [1.165, 1.54) is 58.2 Å². The zero-order valence-corrected chi connectivity index (χ0v) is 12.1. The van der Waals surface area contributed by atoms with Crippen LogP contribution in [-0.4, -0.2) is 67.3 Å². The van der Waals surface area contributed by atoms with Gasteiger partial charge in [0.15, 0.2) is 0 Å². The lowest BCUT2D eigenvalue weighted by Crippen LogP contribution is -2.45. The van der Waals surface area contributed by atoms with Gasteiger partial charge in [-0.25, -0.2) is 0 Å². The van der Waals surface area contributed by atoms with Gasteiger partial charge in [-0.2, -0.15) is 0 Å². The fourth-order valence-corrected chi connectivity index (χ4v) is 3.97. The molecular weight excluding hydrogens is 238 g/mol. The number of nitrogens with zero attached hydrogens (tertiary/aromatic N) is 2. The van der Waals surface area contributed by atoms with Gasteiger partial charge in [0, 0.05) is 31.2 Å². The van der Waals surface area contributed by atoms with Crippen LogP contribution in [0.2, 0.25) is 0 Å². The molecule has 0 aromatic heterocycles. The highest BCUT2D eigenvalue weighted by Gasteiger charge is 2.32. The lowest BCUT2D eigenvalue weighted by Gasteiger charge is -2.32. The SMILES string of the molecule is NC1(CCN2CCC(N3CCOCC3)C2)CCCC1. The Labute approximate surface area is 117 Å². The van der Waals surface area contributed by atoms with Crippen molar-refractivity contribution in [1.29, 1.82) is 0 Å². The Morgan fingerprint density at radius 3 is 2.58 bits per heavy atom. The van der Waals surface area contributed by atoms with Gasteiger partial charge in [-0.05, 0) is 38.8 Å². The molecule has 19 heavy (non-hydrogen) atoms. The van der Waals surface area contributed by atoms with Crippen LogP contribution in [0.15, 0.2) is 0 Å². The van der Waals surface area contributed by atoms with Crippen molar-refractivity contribution in [2.45, 2.75) is 50.1 Å². The van der Waals surface area contributed by atoms with Gasteiger partial charge in [0.1, 0.15) is 0 Å². The first-order valence-corrected chi connectivity index (χ1v) is 8.08. The van der Waals surface area contributed by atoms with E-state index < -0.39 is 0 Å². The molecule has 2 saturated heterocycles. The topological polar surface area (TPSA) is 41.7 Å². The Kier molecular flexibility index (Phi) is 4.42. The number of hydrogen-bond donors (Lipinski definition) is 1. The van der Waals surface area contributed by atoms with E-state index in [0.29, 0.717) is 0 Å². The van der Waals surface area contributed by atoms with Crippen molar-refractivity contribution in [3.63, 3.8) is 0 Å². The molecule has 4 nitrogen and oxygen atoms in total. The van der Waals surface area contributed by atoms with Gasteiger partial charge in [-0.15, -0.1) is 0 Å². The van der Waals surface area contributed by atoms with Gasteiger partial charge in [-0.1, -0.05) is 12.8 Å². The van der Waals surface area contributed by atoms with Crippen molar-refractivity contribution in [3.8, 4) is 0 Å². The maximum absolute atomic E-state index is 6.46. The third-order valence-electron chi connectivity index (χ3n) is 5.33. The summed E-state index contributed by atoms with van der Waals surface area (Å²) in [6, 6.07) is 0.765. The summed E-state index contributed by atoms with van der Waals surface area (Å²) in [5.74, 6) is 0. The molecule has 1 unspecified atom stereocenters. The molecule has 3 aliphatic rings. The number of hydrogen-bond acceptors (Lipinski definition) is 4. The van der Waals surface area contributed by atoms with E-state index in [9.17, 15) is 0 Å².